The van der Waals surface area contributed by atoms with Gasteiger partial charge in [-0.05, 0) is 38.2 Å². The molecule has 1 aromatic rings. The number of amides is 1. The molecule has 0 bridgehead atoms. The van der Waals surface area contributed by atoms with E-state index in [4.69, 9.17) is 10.5 Å². The number of carbonyl (C=O) groups excluding carboxylic acids is 2. The zero-order valence-corrected chi connectivity index (χ0v) is 13.6. The molecule has 1 aromatic heterocycles. The first-order valence-corrected chi connectivity index (χ1v) is 8.05. The Morgan fingerprint density at radius 2 is 2.14 bits per heavy atom. The Morgan fingerprint density at radius 3 is 2.76 bits per heavy atom. The maximum Gasteiger partial charge on any atom is 0.341 e. The predicted octanol–water partition coefficient (Wildman–Crippen LogP) is 2.48. The number of nitrogens with one attached hydrogen (secondary N) is 1. The molecule has 0 spiro atoms. The monoisotopic (exact) mass is 310 g/mol. The van der Waals surface area contributed by atoms with E-state index in [1.807, 2.05) is 6.92 Å². The first kappa shape index (κ1) is 16.0. The van der Waals surface area contributed by atoms with E-state index >= 15 is 0 Å². The first-order valence-electron chi connectivity index (χ1n) is 7.24. The molecular weight excluding hydrogens is 288 g/mol. The maximum atomic E-state index is 12.3. The highest BCUT2D eigenvalue weighted by Crippen LogP contribution is 2.39. The fraction of sp³-hybridized carbons (Fsp3) is 0.600. The van der Waals surface area contributed by atoms with Crippen LogP contribution in [-0.2, 0) is 22.4 Å². The lowest BCUT2D eigenvalue weighted by Crippen LogP contribution is -2.48. The topological polar surface area (TPSA) is 81.4 Å². The van der Waals surface area contributed by atoms with Crippen LogP contribution in [0.25, 0.3) is 0 Å². The van der Waals surface area contributed by atoms with Gasteiger partial charge in [-0.3, -0.25) is 4.79 Å². The molecule has 0 aromatic carbocycles. The van der Waals surface area contributed by atoms with Crippen molar-refractivity contribution in [3.8, 4) is 0 Å². The van der Waals surface area contributed by atoms with Crippen molar-refractivity contribution < 1.29 is 14.3 Å². The van der Waals surface area contributed by atoms with Crippen molar-refractivity contribution in [1.29, 1.82) is 0 Å². The van der Waals surface area contributed by atoms with E-state index in [0.717, 1.165) is 31.2 Å². The summed E-state index contributed by atoms with van der Waals surface area (Å²) in [6.45, 7) is 3.70. The molecule has 1 heterocycles. The van der Waals surface area contributed by atoms with Crippen molar-refractivity contribution in [2.24, 2.45) is 5.73 Å². The van der Waals surface area contributed by atoms with Crippen molar-refractivity contribution in [3.05, 3.63) is 16.0 Å². The molecule has 1 aliphatic rings. The van der Waals surface area contributed by atoms with Gasteiger partial charge in [0.15, 0.2) is 0 Å². The van der Waals surface area contributed by atoms with Crippen LogP contribution in [0.3, 0.4) is 0 Å². The van der Waals surface area contributed by atoms with Crippen LogP contribution < -0.4 is 11.1 Å². The summed E-state index contributed by atoms with van der Waals surface area (Å²) in [6, 6.07) is 0. The molecular formula is C15H22N2O3S. The quantitative estimate of drug-likeness (QED) is 0.819. The Balaban J connectivity index is 2.29. The van der Waals surface area contributed by atoms with Gasteiger partial charge in [0.25, 0.3) is 0 Å². The number of esters is 1. The van der Waals surface area contributed by atoms with Crippen LogP contribution in [0.4, 0.5) is 5.00 Å². The molecule has 1 aliphatic carbocycles. The number of anilines is 1. The minimum Gasteiger partial charge on any atom is -0.465 e. The van der Waals surface area contributed by atoms with Gasteiger partial charge in [0, 0.05) is 4.88 Å². The van der Waals surface area contributed by atoms with E-state index in [1.165, 1.54) is 23.3 Å². The number of fused-ring (bicyclic) bond motifs is 1. The summed E-state index contributed by atoms with van der Waals surface area (Å²) in [4.78, 5) is 25.5. The van der Waals surface area contributed by atoms with Crippen molar-refractivity contribution in [2.75, 3.05) is 12.4 Å². The van der Waals surface area contributed by atoms with Crippen molar-refractivity contribution >= 4 is 28.2 Å². The number of methoxy groups -OCH3 is 1. The lowest BCUT2D eigenvalue weighted by Gasteiger charge is -2.22. The summed E-state index contributed by atoms with van der Waals surface area (Å²) >= 11 is 1.47. The van der Waals surface area contributed by atoms with Crippen molar-refractivity contribution in [2.45, 2.75) is 51.5 Å². The number of carbonyl (C=O) groups is 2. The molecule has 21 heavy (non-hydrogen) atoms. The molecule has 3 N–H and O–H groups in total. The molecule has 2 rings (SSSR count). The fourth-order valence-electron chi connectivity index (χ4n) is 2.69. The molecule has 0 radical (unpaired) electrons. The summed E-state index contributed by atoms with van der Waals surface area (Å²) in [7, 11) is 1.36. The second-order valence-corrected chi connectivity index (χ2v) is 6.78. The van der Waals surface area contributed by atoms with Gasteiger partial charge in [0.1, 0.15) is 5.00 Å². The van der Waals surface area contributed by atoms with Crippen LogP contribution in [0.15, 0.2) is 0 Å². The highest BCUT2D eigenvalue weighted by molar-refractivity contribution is 7.17. The Labute approximate surface area is 128 Å². The summed E-state index contributed by atoms with van der Waals surface area (Å²) in [6.07, 6.45) is 4.28. The van der Waals surface area contributed by atoms with E-state index in [-0.39, 0.29) is 11.9 Å². The van der Waals surface area contributed by atoms with Gasteiger partial charge in [-0.2, -0.15) is 0 Å². The van der Waals surface area contributed by atoms with Crippen LogP contribution in [0.1, 0.15) is 53.9 Å². The molecule has 0 saturated carbocycles. The number of hydrogen-bond acceptors (Lipinski definition) is 5. The van der Waals surface area contributed by atoms with E-state index in [9.17, 15) is 9.59 Å². The minimum atomic E-state index is -0.934. The average molecular weight is 310 g/mol. The van der Waals surface area contributed by atoms with Gasteiger partial charge < -0.3 is 15.8 Å². The minimum absolute atomic E-state index is 0.255. The van der Waals surface area contributed by atoms with E-state index in [1.54, 1.807) is 6.92 Å². The zero-order valence-electron chi connectivity index (χ0n) is 12.7. The Morgan fingerprint density at radius 1 is 1.43 bits per heavy atom. The SMILES string of the molecule is CCCC(C)(N)C(=O)Nc1sc2c(c1C(=O)OC)CCC2. The lowest BCUT2D eigenvalue weighted by atomic mass is 9.96. The second kappa shape index (κ2) is 6.15. The van der Waals surface area contributed by atoms with Gasteiger partial charge in [-0.1, -0.05) is 13.3 Å². The molecule has 1 atom stereocenters. The van der Waals surface area contributed by atoms with Crippen LogP contribution in [0.5, 0.6) is 0 Å². The summed E-state index contributed by atoms with van der Waals surface area (Å²) in [5.41, 5.74) is 6.65. The molecule has 1 unspecified atom stereocenters. The Bertz CT molecular complexity index is 564. The van der Waals surface area contributed by atoms with Gasteiger partial charge in [-0.25, -0.2) is 4.79 Å². The lowest BCUT2D eigenvalue weighted by molar-refractivity contribution is -0.120. The van der Waals surface area contributed by atoms with E-state index in [0.29, 0.717) is 17.0 Å². The van der Waals surface area contributed by atoms with Gasteiger partial charge >= 0.3 is 5.97 Å². The largest absolute Gasteiger partial charge is 0.465 e. The molecule has 0 aliphatic heterocycles. The number of thiophene rings is 1. The van der Waals surface area contributed by atoms with Crippen LogP contribution in [0.2, 0.25) is 0 Å². The molecule has 5 nitrogen and oxygen atoms in total. The number of nitrogens with two attached hydrogens (primary N) is 1. The summed E-state index contributed by atoms with van der Waals surface area (Å²) in [5, 5.41) is 3.41. The van der Waals surface area contributed by atoms with Crippen LogP contribution in [0, 0.1) is 0 Å². The number of hydrogen-bond donors (Lipinski definition) is 2. The molecule has 0 fully saturated rings. The predicted molar refractivity (Wildman–Crippen MR) is 83.8 cm³/mol. The third kappa shape index (κ3) is 3.11. The molecule has 116 valence electrons. The average Bonchev–Trinajstić information content (AvgIpc) is 2.98. The Kier molecular flexibility index (Phi) is 4.68. The smallest absolute Gasteiger partial charge is 0.341 e. The fourth-order valence-corrected chi connectivity index (χ4v) is 3.96. The number of ether oxygens (including phenoxy) is 1. The zero-order chi connectivity index (χ0) is 15.6. The van der Waals surface area contributed by atoms with E-state index < -0.39 is 5.54 Å². The molecule has 1 amide bonds. The number of aryl methyl sites for hydroxylation is 1. The van der Waals surface area contributed by atoms with Gasteiger partial charge in [0.05, 0.1) is 18.2 Å². The molecule has 0 saturated heterocycles. The highest BCUT2D eigenvalue weighted by atomic mass is 32.1. The molecule has 6 heteroatoms. The third-order valence-electron chi connectivity index (χ3n) is 3.83. The van der Waals surface area contributed by atoms with Crippen molar-refractivity contribution in [3.63, 3.8) is 0 Å². The number of rotatable bonds is 5. The van der Waals surface area contributed by atoms with Crippen molar-refractivity contribution in [1.82, 2.24) is 0 Å². The third-order valence-corrected chi connectivity index (χ3v) is 5.03. The normalized spacial score (nSPS) is 16.2. The van der Waals surface area contributed by atoms with Gasteiger partial charge in [0.2, 0.25) is 5.91 Å². The van der Waals surface area contributed by atoms with Crippen LogP contribution in [-0.4, -0.2) is 24.5 Å². The first-order chi connectivity index (χ1) is 9.90. The highest BCUT2D eigenvalue weighted by Gasteiger charge is 2.32. The Hall–Kier alpha value is -1.40. The summed E-state index contributed by atoms with van der Waals surface area (Å²) < 4.78 is 4.86. The van der Waals surface area contributed by atoms with E-state index in [2.05, 4.69) is 5.32 Å². The van der Waals surface area contributed by atoms with Gasteiger partial charge in [-0.15, -0.1) is 11.3 Å². The summed E-state index contributed by atoms with van der Waals surface area (Å²) in [5.74, 6) is -0.645. The maximum absolute atomic E-state index is 12.3. The standard InChI is InChI=1S/C15H22N2O3S/c1-4-8-15(2,16)14(19)17-12-11(13(18)20-3)9-6-5-7-10(9)21-12/h4-8,16H2,1-3H3,(H,17,19). The van der Waals surface area contributed by atoms with Crippen LogP contribution >= 0.6 is 11.3 Å². The second-order valence-electron chi connectivity index (χ2n) is 5.67.